The van der Waals surface area contributed by atoms with Gasteiger partial charge in [-0.05, 0) is 19.9 Å². The Morgan fingerprint density at radius 2 is 2.05 bits per heavy atom. The summed E-state index contributed by atoms with van der Waals surface area (Å²) in [4.78, 5) is 13.8. The second-order valence-electron chi connectivity index (χ2n) is 4.80. The van der Waals surface area contributed by atoms with Crippen LogP contribution >= 0.6 is 0 Å². The van der Waals surface area contributed by atoms with E-state index in [1.165, 1.54) is 4.90 Å². The van der Waals surface area contributed by atoms with Gasteiger partial charge in [0.05, 0.1) is 30.0 Å². The minimum atomic E-state index is -0.900. The van der Waals surface area contributed by atoms with Crippen molar-refractivity contribution in [2.75, 3.05) is 18.9 Å². The van der Waals surface area contributed by atoms with Crippen LogP contribution in [-0.2, 0) is 4.74 Å². The van der Waals surface area contributed by atoms with Crippen molar-refractivity contribution in [2.24, 2.45) is 0 Å². The van der Waals surface area contributed by atoms with Crippen molar-refractivity contribution in [3.05, 3.63) is 29.3 Å². The van der Waals surface area contributed by atoms with Gasteiger partial charge in [0.2, 0.25) is 0 Å². The highest BCUT2D eigenvalue weighted by Crippen LogP contribution is 2.21. The summed E-state index contributed by atoms with van der Waals surface area (Å²) in [6.45, 7) is 4.41. The third-order valence-corrected chi connectivity index (χ3v) is 3.19. The van der Waals surface area contributed by atoms with Gasteiger partial charge in [0.25, 0.3) is 5.91 Å². The third-order valence-electron chi connectivity index (χ3n) is 3.19. The fourth-order valence-electron chi connectivity index (χ4n) is 2.07. The molecule has 1 fully saturated rings. The van der Waals surface area contributed by atoms with E-state index in [0.29, 0.717) is 19.2 Å². The first-order valence-electron chi connectivity index (χ1n) is 6.07. The quantitative estimate of drug-likeness (QED) is 0.792. The molecule has 2 N–H and O–H groups in total. The van der Waals surface area contributed by atoms with Gasteiger partial charge in [-0.25, -0.2) is 8.78 Å². The Balaban J connectivity index is 2.31. The van der Waals surface area contributed by atoms with Crippen molar-refractivity contribution in [1.82, 2.24) is 4.90 Å². The fraction of sp³-hybridized carbons (Fsp3) is 0.462. The summed E-state index contributed by atoms with van der Waals surface area (Å²) in [6, 6.07) is 1.52. The second kappa shape index (κ2) is 5.13. The van der Waals surface area contributed by atoms with Crippen LogP contribution in [0.5, 0.6) is 0 Å². The predicted molar refractivity (Wildman–Crippen MR) is 66.7 cm³/mol. The number of nitrogens with zero attached hydrogens (tertiary/aromatic N) is 1. The average molecular weight is 270 g/mol. The Morgan fingerprint density at radius 1 is 1.37 bits per heavy atom. The summed E-state index contributed by atoms with van der Waals surface area (Å²) < 4.78 is 32.2. The number of halogens is 2. The average Bonchev–Trinajstić information content (AvgIpc) is 2.36. The van der Waals surface area contributed by atoms with Crippen LogP contribution in [0.2, 0.25) is 0 Å². The lowest BCUT2D eigenvalue weighted by atomic mass is 10.1. The maximum atomic E-state index is 13.7. The van der Waals surface area contributed by atoms with E-state index >= 15 is 0 Å². The molecule has 0 spiro atoms. The molecule has 0 aliphatic carbocycles. The molecule has 4 nitrogen and oxygen atoms in total. The molecule has 1 amide bonds. The monoisotopic (exact) mass is 270 g/mol. The summed E-state index contributed by atoms with van der Waals surface area (Å²) in [7, 11) is 0. The first kappa shape index (κ1) is 13.7. The number of nitrogen functional groups attached to an aromatic ring is 1. The highest BCUT2D eigenvalue weighted by Gasteiger charge is 2.30. The molecule has 6 heteroatoms. The summed E-state index contributed by atoms with van der Waals surface area (Å²) in [6.07, 6.45) is -0.110. The standard InChI is InChI=1S/C13H16F2N2O2/c1-7-6-19-8(2)5-17(7)13(18)9-3-12(16)11(15)4-10(9)14/h3-4,7-8H,5-6,16H2,1-2H3. The normalized spacial score (nSPS) is 23.5. The van der Waals surface area contributed by atoms with Crippen LogP contribution in [0.15, 0.2) is 12.1 Å². The number of rotatable bonds is 1. The van der Waals surface area contributed by atoms with Gasteiger partial charge in [-0.2, -0.15) is 0 Å². The molecule has 19 heavy (non-hydrogen) atoms. The molecule has 1 saturated heterocycles. The van der Waals surface area contributed by atoms with E-state index in [0.717, 1.165) is 6.07 Å². The lowest BCUT2D eigenvalue weighted by molar-refractivity contribution is -0.0388. The van der Waals surface area contributed by atoms with Gasteiger partial charge >= 0.3 is 0 Å². The summed E-state index contributed by atoms with van der Waals surface area (Å²) in [5.41, 5.74) is 4.94. The Hall–Kier alpha value is -1.69. The van der Waals surface area contributed by atoms with Crippen molar-refractivity contribution in [3.63, 3.8) is 0 Å². The number of carbonyl (C=O) groups excluding carboxylic acids is 1. The number of benzene rings is 1. The van der Waals surface area contributed by atoms with Crippen molar-refractivity contribution in [1.29, 1.82) is 0 Å². The van der Waals surface area contributed by atoms with E-state index in [-0.39, 0.29) is 23.4 Å². The number of hydrogen-bond acceptors (Lipinski definition) is 3. The molecule has 1 heterocycles. The maximum absolute atomic E-state index is 13.7. The van der Waals surface area contributed by atoms with E-state index in [1.807, 2.05) is 13.8 Å². The first-order chi connectivity index (χ1) is 8.90. The zero-order chi connectivity index (χ0) is 14.2. The Labute approximate surface area is 110 Å². The SMILES string of the molecule is CC1CN(C(=O)c2cc(N)c(F)cc2F)C(C)CO1. The van der Waals surface area contributed by atoms with E-state index in [4.69, 9.17) is 10.5 Å². The molecule has 104 valence electrons. The zero-order valence-corrected chi connectivity index (χ0v) is 10.8. The molecule has 2 atom stereocenters. The maximum Gasteiger partial charge on any atom is 0.257 e. The molecular formula is C13H16F2N2O2. The molecular weight excluding hydrogens is 254 g/mol. The van der Waals surface area contributed by atoms with Crippen LogP contribution in [0.1, 0.15) is 24.2 Å². The molecule has 0 aromatic heterocycles. The zero-order valence-electron chi connectivity index (χ0n) is 10.8. The number of anilines is 1. The summed E-state index contributed by atoms with van der Waals surface area (Å²) in [5.74, 6) is -2.26. The number of morpholine rings is 1. The van der Waals surface area contributed by atoms with Gasteiger partial charge in [-0.3, -0.25) is 4.79 Å². The molecule has 1 aliphatic heterocycles. The van der Waals surface area contributed by atoms with Crippen molar-refractivity contribution in [3.8, 4) is 0 Å². The fourth-order valence-corrected chi connectivity index (χ4v) is 2.07. The summed E-state index contributed by atoms with van der Waals surface area (Å²) in [5, 5.41) is 0. The molecule has 0 saturated carbocycles. The summed E-state index contributed by atoms with van der Waals surface area (Å²) >= 11 is 0. The van der Waals surface area contributed by atoms with Gasteiger partial charge in [0.15, 0.2) is 0 Å². The number of hydrogen-bond donors (Lipinski definition) is 1. The van der Waals surface area contributed by atoms with Crippen LogP contribution in [0.4, 0.5) is 14.5 Å². The van der Waals surface area contributed by atoms with Gasteiger partial charge < -0.3 is 15.4 Å². The smallest absolute Gasteiger partial charge is 0.257 e. The van der Waals surface area contributed by atoms with Gasteiger partial charge in [0.1, 0.15) is 11.6 Å². The van der Waals surface area contributed by atoms with Crippen LogP contribution in [0.3, 0.4) is 0 Å². The Morgan fingerprint density at radius 3 is 2.74 bits per heavy atom. The molecule has 1 aromatic rings. The lowest BCUT2D eigenvalue weighted by Crippen LogP contribution is -2.50. The van der Waals surface area contributed by atoms with E-state index < -0.39 is 17.5 Å². The van der Waals surface area contributed by atoms with E-state index in [2.05, 4.69) is 0 Å². The molecule has 0 radical (unpaired) electrons. The number of carbonyl (C=O) groups is 1. The number of ether oxygens (including phenoxy) is 1. The highest BCUT2D eigenvalue weighted by molar-refractivity contribution is 5.95. The van der Waals surface area contributed by atoms with E-state index in [1.54, 1.807) is 0 Å². The van der Waals surface area contributed by atoms with Crippen molar-refractivity contribution in [2.45, 2.75) is 26.0 Å². The van der Waals surface area contributed by atoms with Gasteiger partial charge in [-0.1, -0.05) is 0 Å². The number of amides is 1. The highest BCUT2D eigenvalue weighted by atomic mass is 19.1. The van der Waals surface area contributed by atoms with Gasteiger partial charge in [-0.15, -0.1) is 0 Å². The molecule has 1 aromatic carbocycles. The second-order valence-corrected chi connectivity index (χ2v) is 4.80. The van der Waals surface area contributed by atoms with Crippen LogP contribution in [-0.4, -0.2) is 36.1 Å². The third kappa shape index (κ3) is 2.68. The molecule has 2 unspecified atom stereocenters. The molecule has 0 bridgehead atoms. The minimum Gasteiger partial charge on any atom is -0.396 e. The Kier molecular flexibility index (Phi) is 3.71. The number of nitrogens with two attached hydrogens (primary N) is 1. The van der Waals surface area contributed by atoms with Crippen molar-refractivity contribution < 1.29 is 18.3 Å². The Bertz CT molecular complexity index is 508. The van der Waals surface area contributed by atoms with Crippen LogP contribution in [0.25, 0.3) is 0 Å². The topological polar surface area (TPSA) is 55.6 Å². The lowest BCUT2D eigenvalue weighted by Gasteiger charge is -2.36. The molecule has 1 aliphatic rings. The van der Waals surface area contributed by atoms with Crippen LogP contribution in [0, 0.1) is 11.6 Å². The molecule has 2 rings (SSSR count). The van der Waals surface area contributed by atoms with Crippen LogP contribution < -0.4 is 5.73 Å². The largest absolute Gasteiger partial charge is 0.396 e. The van der Waals surface area contributed by atoms with Gasteiger partial charge in [0, 0.05) is 12.6 Å². The first-order valence-corrected chi connectivity index (χ1v) is 6.07. The van der Waals surface area contributed by atoms with Crippen molar-refractivity contribution >= 4 is 11.6 Å². The minimum absolute atomic E-state index is 0.110. The van der Waals surface area contributed by atoms with E-state index in [9.17, 15) is 13.6 Å². The predicted octanol–water partition coefficient (Wildman–Crippen LogP) is 1.80.